The maximum atomic E-state index is 14.6. The van der Waals surface area contributed by atoms with E-state index in [0.29, 0.717) is 29.5 Å². The van der Waals surface area contributed by atoms with E-state index >= 15 is 0 Å². The van der Waals surface area contributed by atoms with E-state index in [2.05, 4.69) is 60.1 Å². The number of nitrogens with zero attached hydrogens (tertiary/aromatic N) is 1. The average Bonchev–Trinajstić information content (AvgIpc) is 1.63. The first-order valence-electron chi connectivity index (χ1n) is 29.6. The van der Waals surface area contributed by atoms with Crippen LogP contribution in [0.2, 0.25) is 0 Å². The third kappa shape index (κ3) is 24.0. The second-order valence-electron chi connectivity index (χ2n) is 22.1. The number of nitrogens with one attached hydrogen (secondary N) is 9. The number of phenols is 1. The fourth-order valence-corrected chi connectivity index (χ4v) is 10.4. The molecule has 92 heavy (non-hydrogen) atoms. The summed E-state index contributed by atoms with van der Waals surface area (Å²) in [6.07, 6.45) is -1.11. The molecule has 4 rings (SSSR count). The number of carbonyl (C=O) groups excluding carboxylic acids is 9. The summed E-state index contributed by atoms with van der Waals surface area (Å²) in [5, 5.41) is 70.7. The number of aliphatic carboxylic acids is 2. The number of amides is 9. The number of phenolic OH excluding ortho intramolecular Hbond substituents is 1. The minimum Gasteiger partial charge on any atom is -0.508 e. The molecule has 0 bridgehead atoms. The van der Waals surface area contributed by atoms with E-state index in [1.165, 1.54) is 33.0 Å². The quantitative estimate of drug-likeness (QED) is 0.0151. The van der Waals surface area contributed by atoms with Crippen LogP contribution in [0.15, 0.2) is 85.1 Å². The number of carbonyl (C=O) groups is 11. The van der Waals surface area contributed by atoms with Crippen molar-refractivity contribution in [3.05, 3.63) is 102 Å². The van der Waals surface area contributed by atoms with Crippen molar-refractivity contribution in [2.45, 2.75) is 144 Å². The Balaban J connectivity index is 1.42. The summed E-state index contributed by atoms with van der Waals surface area (Å²) < 4.78 is 0. The number of hydrogen-bond acceptors (Lipinski definition) is 20. The van der Waals surface area contributed by atoms with Gasteiger partial charge in [-0.2, -0.15) is 24.4 Å². The molecule has 13 atom stereocenters. The van der Waals surface area contributed by atoms with Crippen LogP contribution in [0.3, 0.4) is 0 Å². The second-order valence-corrected chi connectivity index (χ2v) is 23.6. The number of thiol groups is 1. The van der Waals surface area contributed by atoms with Crippen LogP contribution in [-0.4, -0.2) is 217 Å². The number of aromatic nitrogens is 1. The number of aromatic hydroxyl groups is 1. The smallest absolute Gasteiger partial charge is 0.328 e. The average molecular weight is 1320 g/mol. The highest BCUT2D eigenvalue weighted by Crippen LogP contribution is 2.21. The maximum absolute atomic E-state index is 14.6. The Kier molecular flexibility index (Phi) is 31.3. The topological polar surface area (TPSA) is 508 Å². The summed E-state index contributed by atoms with van der Waals surface area (Å²) in [4.78, 5) is 152. The fourth-order valence-electron chi connectivity index (χ4n) is 9.33. The van der Waals surface area contributed by atoms with Gasteiger partial charge in [0.2, 0.25) is 53.2 Å². The van der Waals surface area contributed by atoms with Crippen molar-refractivity contribution in [3.8, 4) is 5.75 Å². The van der Waals surface area contributed by atoms with Crippen LogP contribution in [0.1, 0.15) is 63.1 Å². The molecule has 0 fully saturated rings. The van der Waals surface area contributed by atoms with Crippen LogP contribution in [0, 0.1) is 0 Å². The number of benzene rings is 3. The van der Waals surface area contributed by atoms with Gasteiger partial charge in [-0.05, 0) is 100 Å². The zero-order valence-electron chi connectivity index (χ0n) is 51.4. The molecule has 22 N–H and O–H groups in total. The standard InChI is InChI=1S/C60H86N14O16S2/c1-31(62)48(57(85)70-45(29-91)55(83)73-50(33(3)76)60(89)90)71-52(80)40(64)28-66-47(78)30-92-23-21-43(59(87)88)68-56(84)46(25-34-12-6-5-7-13-34)74(4)58(86)49(32(2)75)72-53(81)42(16-10-11-22-61)67-54(82)44(26-36-27-65-41-15-9-8-14-38(36)41)69-51(79)39(63)24-35-17-19-37(77)20-18-35/h5-9,12-15,17-20,27,31-33,39-40,42-46,48-50,65,75-77,91H,10-11,16,21-26,28-30,61-64H2,1-4H3,(H,66,78)(H,67,82)(H,68,84)(H,69,79)(H,70,85)(H,71,80)(H,72,81)(H,73,83)(H,87,88)(H,89,90)/t31?,32-,33-,39+,40?,42+,43+,44-,45+,46+,48+,49+,50+/m1/s1. The number of carboxylic acids is 2. The lowest BCUT2D eigenvalue weighted by Gasteiger charge is -2.33. The highest BCUT2D eigenvalue weighted by molar-refractivity contribution is 7.99. The molecule has 0 aliphatic heterocycles. The third-order valence-electron chi connectivity index (χ3n) is 14.7. The molecule has 0 saturated carbocycles. The molecule has 0 radical (unpaired) electrons. The van der Waals surface area contributed by atoms with Gasteiger partial charge in [0.1, 0.15) is 54.1 Å². The molecule has 1 aromatic heterocycles. The van der Waals surface area contributed by atoms with Crippen molar-refractivity contribution >= 4 is 100 Å². The molecule has 0 aliphatic carbocycles. The minimum atomic E-state index is -1.75. The van der Waals surface area contributed by atoms with Crippen LogP contribution in [0.5, 0.6) is 5.75 Å². The lowest BCUT2D eigenvalue weighted by Crippen LogP contribution is -2.62. The molecule has 504 valence electrons. The number of unbranched alkanes of at least 4 members (excludes halogenated alkanes) is 1. The Morgan fingerprint density at radius 1 is 0.587 bits per heavy atom. The summed E-state index contributed by atoms with van der Waals surface area (Å²) >= 11 is 5.00. The van der Waals surface area contributed by atoms with E-state index in [4.69, 9.17) is 22.9 Å². The lowest BCUT2D eigenvalue weighted by atomic mass is 10.0. The van der Waals surface area contributed by atoms with Gasteiger partial charge in [-0.3, -0.25) is 43.2 Å². The highest BCUT2D eigenvalue weighted by atomic mass is 32.2. The predicted molar refractivity (Wildman–Crippen MR) is 344 cm³/mol. The van der Waals surface area contributed by atoms with Gasteiger partial charge in [0.05, 0.1) is 24.0 Å². The van der Waals surface area contributed by atoms with Gasteiger partial charge in [0, 0.05) is 55.3 Å². The van der Waals surface area contributed by atoms with Gasteiger partial charge < -0.3 is 101 Å². The monoisotopic (exact) mass is 1320 g/mol. The van der Waals surface area contributed by atoms with Crippen molar-refractivity contribution < 1.29 is 78.3 Å². The Morgan fingerprint density at radius 3 is 1.75 bits per heavy atom. The first-order chi connectivity index (χ1) is 43.6. The summed E-state index contributed by atoms with van der Waals surface area (Å²) in [5.41, 5.74) is 26.7. The minimum absolute atomic E-state index is 0.0112. The summed E-state index contributed by atoms with van der Waals surface area (Å²) in [7, 11) is 1.24. The number of hydrogen-bond donors (Lipinski definition) is 19. The number of fused-ring (bicyclic) bond motifs is 1. The van der Waals surface area contributed by atoms with Gasteiger partial charge in [-0.15, -0.1) is 0 Å². The normalized spacial score (nSPS) is 15.5. The first kappa shape index (κ1) is 76.1. The number of nitrogens with two attached hydrogens (primary N) is 4. The number of rotatable bonds is 39. The first-order valence-corrected chi connectivity index (χ1v) is 31.4. The van der Waals surface area contributed by atoms with Gasteiger partial charge in [-0.25, -0.2) is 9.59 Å². The predicted octanol–water partition coefficient (Wildman–Crippen LogP) is -3.65. The van der Waals surface area contributed by atoms with E-state index in [1.807, 2.05) is 18.2 Å². The molecule has 2 unspecified atom stereocenters. The molecule has 0 aliphatic rings. The Hall–Kier alpha value is -8.37. The third-order valence-corrected chi connectivity index (χ3v) is 16.1. The van der Waals surface area contributed by atoms with E-state index in [0.717, 1.165) is 34.5 Å². The van der Waals surface area contributed by atoms with Crippen LogP contribution < -0.4 is 65.5 Å². The van der Waals surface area contributed by atoms with Crippen LogP contribution in [-0.2, 0) is 72.0 Å². The molecule has 1 heterocycles. The van der Waals surface area contributed by atoms with Crippen LogP contribution in [0.4, 0.5) is 0 Å². The van der Waals surface area contributed by atoms with Gasteiger partial charge in [0.25, 0.3) is 0 Å². The molecule has 32 heteroatoms. The molecular weight excluding hydrogens is 1240 g/mol. The zero-order valence-corrected chi connectivity index (χ0v) is 53.1. The van der Waals surface area contributed by atoms with Crippen LogP contribution in [0.25, 0.3) is 10.9 Å². The molecule has 9 amide bonds. The van der Waals surface area contributed by atoms with Crippen molar-refractivity contribution in [2.24, 2.45) is 22.9 Å². The van der Waals surface area contributed by atoms with Gasteiger partial charge in [-0.1, -0.05) is 60.7 Å². The number of aliphatic hydroxyl groups is 2. The number of carboxylic acid groups (broad SMARTS) is 2. The summed E-state index contributed by atoms with van der Waals surface area (Å²) in [6.45, 7) is 3.51. The molecule has 0 spiro atoms. The number of aliphatic hydroxyl groups excluding tert-OH is 2. The molecular formula is C60H86N14O16S2. The van der Waals surface area contributed by atoms with E-state index in [9.17, 15) is 78.3 Å². The van der Waals surface area contributed by atoms with Crippen molar-refractivity contribution in [1.29, 1.82) is 0 Å². The largest absolute Gasteiger partial charge is 0.508 e. The number of aromatic amines is 1. The Morgan fingerprint density at radius 2 is 1.14 bits per heavy atom. The van der Waals surface area contributed by atoms with E-state index in [-0.39, 0.29) is 61.7 Å². The second kappa shape index (κ2) is 37.8. The van der Waals surface area contributed by atoms with Crippen molar-refractivity contribution in [2.75, 3.05) is 37.4 Å². The van der Waals surface area contributed by atoms with E-state index < -0.39 is 150 Å². The summed E-state index contributed by atoms with van der Waals surface area (Å²) in [5.74, 6) is -11.4. The van der Waals surface area contributed by atoms with Crippen molar-refractivity contribution in [1.82, 2.24) is 52.4 Å². The number of thioether (sulfide) groups is 1. The Bertz CT molecular complexity index is 3140. The number of H-pyrrole nitrogens is 1. The molecule has 3 aromatic carbocycles. The van der Waals surface area contributed by atoms with Crippen LogP contribution >= 0.6 is 24.4 Å². The lowest BCUT2D eigenvalue weighted by molar-refractivity contribution is -0.146. The van der Waals surface area contributed by atoms with Gasteiger partial charge >= 0.3 is 11.9 Å². The maximum Gasteiger partial charge on any atom is 0.328 e. The highest BCUT2D eigenvalue weighted by Gasteiger charge is 2.39. The fraction of sp³-hybridized carbons (Fsp3) is 0.483. The van der Waals surface area contributed by atoms with Gasteiger partial charge in [0.15, 0.2) is 6.04 Å². The molecule has 4 aromatic rings. The van der Waals surface area contributed by atoms with Crippen molar-refractivity contribution in [3.63, 3.8) is 0 Å². The number of likely N-dealkylation sites (N-methyl/N-ethyl adjacent to an activating group) is 1. The SMILES string of the molecule is CC(N)[C@H](NC(=O)C(N)CNC(=O)CSCC[C@H](NC(=O)[C@H](Cc1ccccc1)N(C)C(=O)[C@@H](NC(=O)[C@H](CCCCN)NC(=O)[C@@H](Cc1c[nH]c2ccccc12)NC(=O)[C@@H](N)Cc1ccc(O)cc1)[C@@H](C)O)C(=O)O)C(=O)N[C@@H](CS)C(=O)N[C@H](C(=O)O)[C@@H](C)O. The Labute approximate surface area is 541 Å². The zero-order chi connectivity index (χ0) is 68.4. The molecule has 30 nitrogen and oxygen atoms in total. The summed E-state index contributed by atoms with van der Waals surface area (Å²) in [6, 6.07) is 6.09. The number of para-hydroxylation sites is 1. The van der Waals surface area contributed by atoms with E-state index in [1.54, 1.807) is 54.7 Å². The molecule has 0 saturated heterocycles.